The number of rotatable bonds is 2. The van der Waals surface area contributed by atoms with Gasteiger partial charge in [-0.3, -0.25) is 4.79 Å². The molecule has 0 bridgehead atoms. The van der Waals surface area contributed by atoms with Crippen molar-refractivity contribution in [2.24, 2.45) is 0 Å². The summed E-state index contributed by atoms with van der Waals surface area (Å²) in [5, 5.41) is 3.92. The second-order valence-corrected chi connectivity index (χ2v) is 4.55. The zero-order valence-corrected chi connectivity index (χ0v) is 10.3. The smallest absolute Gasteiger partial charge is 0.296 e. The molecule has 1 aliphatic carbocycles. The van der Waals surface area contributed by atoms with Crippen LogP contribution in [0.3, 0.4) is 0 Å². The van der Waals surface area contributed by atoms with E-state index < -0.39 is 0 Å². The van der Waals surface area contributed by atoms with Crippen molar-refractivity contribution in [1.82, 2.24) is 24.3 Å². The van der Waals surface area contributed by atoms with Gasteiger partial charge in [0.05, 0.1) is 0 Å². The summed E-state index contributed by atoms with van der Waals surface area (Å²) in [4.78, 5) is 20.1. The van der Waals surface area contributed by atoms with Crippen molar-refractivity contribution >= 4 is 21.9 Å². The second-order valence-electron chi connectivity index (χ2n) is 3.85. The van der Waals surface area contributed by atoms with Gasteiger partial charge in [0.15, 0.2) is 0 Å². The first kappa shape index (κ1) is 10.5. The van der Waals surface area contributed by atoms with E-state index in [0.717, 1.165) is 12.8 Å². The molecule has 0 amide bonds. The van der Waals surface area contributed by atoms with Gasteiger partial charge in [0.1, 0.15) is 0 Å². The van der Waals surface area contributed by atoms with E-state index in [1.54, 1.807) is 17.0 Å². The topological polar surface area (TPSA) is 91.6 Å². The van der Waals surface area contributed by atoms with E-state index in [-0.39, 0.29) is 17.3 Å². The van der Waals surface area contributed by atoms with E-state index in [2.05, 4.69) is 31.0 Å². The maximum Gasteiger partial charge on any atom is 0.296 e. The Morgan fingerprint density at radius 2 is 2.24 bits per heavy atom. The van der Waals surface area contributed by atoms with Crippen molar-refractivity contribution in [2.75, 3.05) is 5.73 Å². The predicted molar refractivity (Wildman–Crippen MR) is 63.8 cm³/mol. The molecule has 1 saturated carbocycles. The largest absolute Gasteiger partial charge is 0.366 e. The third-order valence-electron chi connectivity index (χ3n) is 2.57. The fraction of sp³-hybridized carbons (Fsp3) is 0.333. The lowest BCUT2D eigenvalue weighted by Crippen LogP contribution is -2.25. The second kappa shape index (κ2) is 3.66. The molecule has 3 rings (SSSR count). The number of nitrogens with zero attached hydrogens (tertiary/aromatic N) is 5. The molecule has 0 saturated heterocycles. The van der Waals surface area contributed by atoms with Crippen LogP contribution >= 0.6 is 15.9 Å². The van der Waals surface area contributed by atoms with E-state index >= 15 is 0 Å². The molecule has 0 spiro atoms. The summed E-state index contributed by atoms with van der Waals surface area (Å²) in [6.07, 6.45) is 5.34. The van der Waals surface area contributed by atoms with Gasteiger partial charge < -0.3 is 10.3 Å². The van der Waals surface area contributed by atoms with Crippen LogP contribution in [-0.4, -0.2) is 24.3 Å². The zero-order valence-electron chi connectivity index (χ0n) is 8.75. The zero-order chi connectivity index (χ0) is 12.0. The molecular formula is C9H9BrN6O. The molecule has 0 aromatic carbocycles. The number of hydrogen-bond donors (Lipinski definition) is 1. The first-order valence-corrected chi connectivity index (χ1v) is 5.91. The van der Waals surface area contributed by atoms with Crippen molar-refractivity contribution in [3.63, 3.8) is 0 Å². The molecule has 2 N–H and O–H groups in total. The quantitative estimate of drug-likeness (QED) is 0.871. The minimum absolute atomic E-state index is 0.0971. The lowest BCUT2D eigenvalue weighted by Gasteiger charge is -2.05. The Kier molecular flexibility index (Phi) is 2.25. The van der Waals surface area contributed by atoms with Crippen LogP contribution in [0.4, 0.5) is 5.95 Å². The number of aromatic nitrogens is 5. The highest BCUT2D eigenvalue weighted by atomic mass is 79.9. The molecule has 7 nitrogen and oxygen atoms in total. The van der Waals surface area contributed by atoms with Crippen molar-refractivity contribution in [3.05, 3.63) is 27.5 Å². The average Bonchev–Trinajstić information content (AvgIpc) is 3.06. The Hall–Kier alpha value is -1.70. The third-order valence-corrected chi connectivity index (χ3v) is 3.09. The normalized spacial score (nSPS) is 15.1. The highest BCUT2D eigenvalue weighted by Crippen LogP contribution is 2.33. The van der Waals surface area contributed by atoms with Crippen LogP contribution in [0, 0.1) is 0 Å². The van der Waals surface area contributed by atoms with Gasteiger partial charge in [-0.1, -0.05) is 0 Å². The molecule has 1 aliphatic rings. The maximum absolute atomic E-state index is 12.2. The number of nitrogens with two attached hydrogens (primary N) is 1. The fourth-order valence-corrected chi connectivity index (χ4v) is 2.07. The van der Waals surface area contributed by atoms with E-state index in [4.69, 9.17) is 5.73 Å². The molecule has 2 heterocycles. The SMILES string of the molecule is Nc1nc(Br)n(-c2nccn(C3CC3)c2=O)n1. The summed E-state index contributed by atoms with van der Waals surface area (Å²) >= 11 is 3.19. The molecule has 0 unspecified atom stereocenters. The van der Waals surface area contributed by atoms with E-state index in [9.17, 15) is 4.79 Å². The molecular weight excluding hydrogens is 288 g/mol. The van der Waals surface area contributed by atoms with Gasteiger partial charge in [-0.15, -0.1) is 5.10 Å². The van der Waals surface area contributed by atoms with Crippen LogP contribution in [0.5, 0.6) is 0 Å². The van der Waals surface area contributed by atoms with Gasteiger partial charge in [-0.2, -0.15) is 9.67 Å². The van der Waals surface area contributed by atoms with Gasteiger partial charge in [-0.05, 0) is 28.8 Å². The molecule has 0 radical (unpaired) electrons. The van der Waals surface area contributed by atoms with Gasteiger partial charge in [0.2, 0.25) is 16.5 Å². The van der Waals surface area contributed by atoms with Gasteiger partial charge in [0.25, 0.3) is 5.56 Å². The van der Waals surface area contributed by atoms with Crippen molar-refractivity contribution in [3.8, 4) is 5.82 Å². The first-order chi connectivity index (χ1) is 8.16. The highest BCUT2D eigenvalue weighted by Gasteiger charge is 2.26. The minimum Gasteiger partial charge on any atom is -0.366 e. The summed E-state index contributed by atoms with van der Waals surface area (Å²) in [6, 6.07) is 0.295. The van der Waals surface area contributed by atoms with E-state index in [0.29, 0.717) is 10.8 Å². The molecule has 17 heavy (non-hydrogen) atoms. The Bertz CT molecular complexity index is 629. The van der Waals surface area contributed by atoms with Crippen LogP contribution in [-0.2, 0) is 0 Å². The highest BCUT2D eigenvalue weighted by molar-refractivity contribution is 9.10. The minimum atomic E-state index is -0.180. The number of anilines is 1. The average molecular weight is 297 g/mol. The summed E-state index contributed by atoms with van der Waals surface area (Å²) in [6.45, 7) is 0. The summed E-state index contributed by atoms with van der Waals surface area (Å²) in [7, 11) is 0. The number of nitrogen functional groups attached to an aromatic ring is 1. The van der Waals surface area contributed by atoms with Crippen LogP contribution in [0.2, 0.25) is 0 Å². The Labute approximate surface area is 104 Å². The van der Waals surface area contributed by atoms with Gasteiger partial charge >= 0.3 is 0 Å². The monoisotopic (exact) mass is 296 g/mol. The van der Waals surface area contributed by atoms with Crippen molar-refractivity contribution < 1.29 is 0 Å². The molecule has 1 fully saturated rings. The van der Waals surface area contributed by atoms with Crippen LogP contribution in [0.15, 0.2) is 21.9 Å². The fourth-order valence-electron chi connectivity index (χ4n) is 1.64. The molecule has 2 aromatic heterocycles. The maximum atomic E-state index is 12.2. The van der Waals surface area contributed by atoms with Gasteiger partial charge in [-0.25, -0.2) is 4.98 Å². The Balaban J connectivity index is 2.18. The summed E-state index contributed by atoms with van der Waals surface area (Å²) < 4.78 is 3.34. The van der Waals surface area contributed by atoms with Crippen molar-refractivity contribution in [1.29, 1.82) is 0 Å². The Morgan fingerprint density at radius 3 is 2.82 bits per heavy atom. The van der Waals surface area contributed by atoms with Gasteiger partial charge in [0, 0.05) is 18.4 Å². The molecule has 0 aliphatic heterocycles. The summed E-state index contributed by atoms with van der Waals surface area (Å²) in [5.41, 5.74) is 5.29. The summed E-state index contributed by atoms with van der Waals surface area (Å²) in [5.74, 6) is 0.301. The molecule has 0 atom stereocenters. The first-order valence-electron chi connectivity index (χ1n) is 5.12. The number of hydrogen-bond acceptors (Lipinski definition) is 5. The molecule has 88 valence electrons. The Morgan fingerprint density at radius 1 is 1.47 bits per heavy atom. The molecule has 2 aromatic rings. The van der Waals surface area contributed by atoms with Crippen LogP contribution < -0.4 is 11.3 Å². The van der Waals surface area contributed by atoms with Crippen molar-refractivity contribution in [2.45, 2.75) is 18.9 Å². The standard InChI is InChI=1S/C9H9BrN6O/c10-8-13-9(11)14-16(8)6-7(17)15(4-3-12-6)5-1-2-5/h3-5H,1-2H2,(H2,11,14). The lowest BCUT2D eigenvalue weighted by molar-refractivity contribution is 0.675. The molecule has 8 heteroatoms. The van der Waals surface area contributed by atoms with E-state index in [1.807, 2.05) is 0 Å². The van der Waals surface area contributed by atoms with Crippen LogP contribution in [0.1, 0.15) is 18.9 Å². The lowest BCUT2D eigenvalue weighted by atomic mass is 10.5. The van der Waals surface area contributed by atoms with Crippen LogP contribution in [0.25, 0.3) is 5.82 Å². The van der Waals surface area contributed by atoms with E-state index in [1.165, 1.54) is 4.68 Å². The predicted octanol–water partition coefficient (Wildman–Crippen LogP) is 0.504. The third kappa shape index (κ3) is 1.74. The number of halogens is 1.